The number of carbonyl (C=O) groups is 2. The van der Waals surface area contributed by atoms with Gasteiger partial charge in [-0.05, 0) is 55.5 Å². The zero-order valence-corrected chi connectivity index (χ0v) is 12.7. The fourth-order valence-corrected chi connectivity index (χ4v) is 1.92. The van der Waals surface area contributed by atoms with E-state index in [4.69, 9.17) is 0 Å². The molecule has 5 nitrogen and oxygen atoms in total. The van der Waals surface area contributed by atoms with E-state index < -0.39 is 0 Å². The Morgan fingerprint density at radius 1 is 0.957 bits per heavy atom. The fourth-order valence-electron chi connectivity index (χ4n) is 1.92. The molecule has 0 unspecified atom stereocenters. The van der Waals surface area contributed by atoms with Crippen LogP contribution in [0.1, 0.15) is 17.3 Å². The minimum atomic E-state index is -0.353. The number of rotatable bonds is 6. The van der Waals surface area contributed by atoms with Gasteiger partial charge in [-0.25, -0.2) is 4.39 Å². The predicted octanol–water partition coefficient (Wildman–Crippen LogP) is 2.63. The van der Waals surface area contributed by atoms with Gasteiger partial charge in [0.1, 0.15) is 5.82 Å². The molecule has 0 aromatic heterocycles. The van der Waals surface area contributed by atoms with Gasteiger partial charge in [0, 0.05) is 23.5 Å². The topological polar surface area (TPSA) is 70.2 Å². The molecule has 0 aliphatic heterocycles. The molecule has 0 saturated carbocycles. The van der Waals surface area contributed by atoms with Crippen LogP contribution in [0.3, 0.4) is 0 Å². The van der Waals surface area contributed by atoms with Crippen LogP contribution in [-0.4, -0.2) is 24.9 Å². The zero-order chi connectivity index (χ0) is 16.7. The summed E-state index contributed by atoms with van der Waals surface area (Å²) in [6.07, 6.45) is 0. The highest BCUT2D eigenvalue weighted by Gasteiger charge is 2.05. The summed E-state index contributed by atoms with van der Waals surface area (Å²) in [6, 6.07) is 12.4. The van der Waals surface area contributed by atoms with E-state index in [1.54, 1.807) is 24.3 Å². The second-order valence-electron chi connectivity index (χ2n) is 4.85. The molecular formula is C17H18FN3O2. The van der Waals surface area contributed by atoms with Gasteiger partial charge >= 0.3 is 0 Å². The molecule has 2 rings (SSSR count). The Morgan fingerprint density at radius 2 is 1.57 bits per heavy atom. The van der Waals surface area contributed by atoms with Crippen LogP contribution in [0.5, 0.6) is 0 Å². The average Bonchev–Trinajstić information content (AvgIpc) is 2.56. The van der Waals surface area contributed by atoms with E-state index in [-0.39, 0.29) is 24.2 Å². The molecule has 2 aromatic rings. The Balaban J connectivity index is 1.84. The molecule has 0 bridgehead atoms. The van der Waals surface area contributed by atoms with Crippen molar-refractivity contribution in [3.63, 3.8) is 0 Å². The highest BCUT2D eigenvalue weighted by Crippen LogP contribution is 2.10. The SMILES string of the molecule is CCNC(=O)c1ccc(NCC(=O)Nc2ccc(F)cc2)cc1. The molecule has 0 atom stereocenters. The summed E-state index contributed by atoms with van der Waals surface area (Å²) >= 11 is 0. The van der Waals surface area contributed by atoms with E-state index in [9.17, 15) is 14.0 Å². The lowest BCUT2D eigenvalue weighted by Gasteiger charge is -2.08. The van der Waals surface area contributed by atoms with E-state index in [0.29, 0.717) is 17.8 Å². The number of hydrogen-bond acceptors (Lipinski definition) is 3. The highest BCUT2D eigenvalue weighted by molar-refractivity contribution is 5.95. The Hall–Kier alpha value is -2.89. The first-order chi connectivity index (χ1) is 11.1. The zero-order valence-electron chi connectivity index (χ0n) is 12.7. The summed E-state index contributed by atoms with van der Waals surface area (Å²) in [7, 11) is 0. The van der Waals surface area contributed by atoms with Crippen molar-refractivity contribution in [3.05, 3.63) is 59.9 Å². The number of anilines is 2. The van der Waals surface area contributed by atoms with Gasteiger partial charge in [-0.1, -0.05) is 0 Å². The summed E-state index contributed by atoms with van der Waals surface area (Å²) in [5.74, 6) is -0.731. The van der Waals surface area contributed by atoms with Gasteiger partial charge in [0.2, 0.25) is 5.91 Å². The van der Waals surface area contributed by atoms with Crippen molar-refractivity contribution >= 4 is 23.2 Å². The minimum absolute atomic E-state index is 0.0673. The molecular weight excluding hydrogens is 297 g/mol. The number of benzene rings is 2. The Bertz CT molecular complexity index is 669. The van der Waals surface area contributed by atoms with Crippen molar-refractivity contribution < 1.29 is 14.0 Å². The van der Waals surface area contributed by atoms with Gasteiger partial charge in [-0.15, -0.1) is 0 Å². The Kier molecular flexibility index (Phi) is 5.68. The van der Waals surface area contributed by atoms with Crippen molar-refractivity contribution in [3.8, 4) is 0 Å². The largest absolute Gasteiger partial charge is 0.376 e. The summed E-state index contributed by atoms with van der Waals surface area (Å²) < 4.78 is 12.8. The predicted molar refractivity (Wildman–Crippen MR) is 88.0 cm³/mol. The molecule has 6 heteroatoms. The molecule has 23 heavy (non-hydrogen) atoms. The highest BCUT2D eigenvalue weighted by atomic mass is 19.1. The van der Waals surface area contributed by atoms with Gasteiger partial charge in [0.25, 0.3) is 5.91 Å². The van der Waals surface area contributed by atoms with E-state index in [1.165, 1.54) is 24.3 Å². The van der Waals surface area contributed by atoms with Crippen LogP contribution >= 0.6 is 0 Å². The first-order valence-corrected chi connectivity index (χ1v) is 7.26. The summed E-state index contributed by atoms with van der Waals surface area (Å²) in [6.45, 7) is 2.49. The number of hydrogen-bond donors (Lipinski definition) is 3. The lowest BCUT2D eigenvalue weighted by atomic mass is 10.2. The molecule has 0 heterocycles. The van der Waals surface area contributed by atoms with E-state index in [1.807, 2.05) is 6.92 Å². The summed E-state index contributed by atoms with van der Waals surface area (Å²) in [5, 5.41) is 8.32. The molecule has 0 aliphatic carbocycles. The molecule has 2 aromatic carbocycles. The second-order valence-corrected chi connectivity index (χ2v) is 4.85. The maximum atomic E-state index is 12.8. The van der Waals surface area contributed by atoms with Crippen molar-refractivity contribution in [2.75, 3.05) is 23.7 Å². The number of amides is 2. The van der Waals surface area contributed by atoms with Crippen molar-refractivity contribution in [1.82, 2.24) is 5.32 Å². The first kappa shape index (κ1) is 16.5. The van der Waals surface area contributed by atoms with Crippen LogP contribution in [0.25, 0.3) is 0 Å². The molecule has 0 radical (unpaired) electrons. The lowest BCUT2D eigenvalue weighted by Crippen LogP contribution is -2.23. The van der Waals surface area contributed by atoms with Crippen LogP contribution in [-0.2, 0) is 4.79 Å². The normalized spacial score (nSPS) is 10.0. The maximum absolute atomic E-state index is 12.8. The third kappa shape index (κ3) is 5.10. The van der Waals surface area contributed by atoms with E-state index >= 15 is 0 Å². The van der Waals surface area contributed by atoms with Gasteiger partial charge in [-0.2, -0.15) is 0 Å². The smallest absolute Gasteiger partial charge is 0.251 e. The van der Waals surface area contributed by atoms with Gasteiger partial charge in [0.05, 0.1) is 6.54 Å². The van der Waals surface area contributed by atoms with Crippen molar-refractivity contribution in [2.24, 2.45) is 0 Å². The summed E-state index contributed by atoms with van der Waals surface area (Å²) in [4.78, 5) is 23.4. The minimum Gasteiger partial charge on any atom is -0.376 e. The standard InChI is InChI=1S/C17H18FN3O2/c1-2-19-17(23)12-3-7-14(8-4-12)20-11-16(22)21-15-9-5-13(18)6-10-15/h3-10,20H,2,11H2,1H3,(H,19,23)(H,21,22). The Morgan fingerprint density at radius 3 is 2.17 bits per heavy atom. The molecule has 0 saturated heterocycles. The monoisotopic (exact) mass is 315 g/mol. The van der Waals surface area contributed by atoms with Gasteiger partial charge < -0.3 is 16.0 Å². The van der Waals surface area contributed by atoms with Crippen LogP contribution < -0.4 is 16.0 Å². The van der Waals surface area contributed by atoms with Crippen LogP contribution in [0.15, 0.2) is 48.5 Å². The van der Waals surface area contributed by atoms with Crippen LogP contribution in [0.4, 0.5) is 15.8 Å². The van der Waals surface area contributed by atoms with E-state index in [0.717, 1.165) is 5.69 Å². The van der Waals surface area contributed by atoms with Crippen LogP contribution in [0, 0.1) is 5.82 Å². The quantitative estimate of drug-likeness (QED) is 0.767. The number of halogens is 1. The third-order valence-corrected chi connectivity index (χ3v) is 3.07. The van der Waals surface area contributed by atoms with Gasteiger partial charge in [0.15, 0.2) is 0 Å². The molecule has 0 fully saturated rings. The third-order valence-electron chi connectivity index (χ3n) is 3.07. The Labute approximate surface area is 133 Å². The molecule has 0 aliphatic rings. The van der Waals surface area contributed by atoms with Crippen LogP contribution in [0.2, 0.25) is 0 Å². The summed E-state index contributed by atoms with van der Waals surface area (Å²) in [5.41, 5.74) is 1.82. The fraction of sp³-hybridized carbons (Fsp3) is 0.176. The molecule has 3 N–H and O–H groups in total. The average molecular weight is 315 g/mol. The first-order valence-electron chi connectivity index (χ1n) is 7.26. The molecule has 0 spiro atoms. The maximum Gasteiger partial charge on any atom is 0.251 e. The van der Waals surface area contributed by atoms with Crippen molar-refractivity contribution in [2.45, 2.75) is 6.92 Å². The molecule has 120 valence electrons. The number of nitrogens with one attached hydrogen (secondary N) is 3. The molecule has 2 amide bonds. The second kappa shape index (κ2) is 7.93. The van der Waals surface area contributed by atoms with Crippen molar-refractivity contribution in [1.29, 1.82) is 0 Å². The van der Waals surface area contributed by atoms with E-state index in [2.05, 4.69) is 16.0 Å². The number of carbonyl (C=O) groups excluding carboxylic acids is 2. The lowest BCUT2D eigenvalue weighted by molar-refractivity contribution is -0.114. The van der Waals surface area contributed by atoms with Gasteiger partial charge in [-0.3, -0.25) is 9.59 Å².